The highest BCUT2D eigenvalue weighted by Gasteiger charge is 2.49. The van der Waals surface area contributed by atoms with E-state index in [1.165, 1.54) is 25.4 Å². The number of ether oxygens (including phenoxy) is 2. The maximum Gasteiger partial charge on any atom is 0.257 e. The second-order valence-corrected chi connectivity index (χ2v) is 6.60. The van der Waals surface area contributed by atoms with Crippen molar-refractivity contribution < 1.29 is 18.7 Å². The summed E-state index contributed by atoms with van der Waals surface area (Å²) in [7, 11) is 0. The molecular weight excluding hydrogens is 270 g/mol. The maximum atomic E-state index is 12.2. The number of amides is 1. The first kappa shape index (κ1) is 13.3. The molecule has 3 heterocycles. The van der Waals surface area contributed by atoms with Crippen molar-refractivity contribution in [3.05, 3.63) is 24.2 Å². The Balaban J connectivity index is 1.31. The highest BCUT2D eigenvalue weighted by molar-refractivity contribution is 5.94. The van der Waals surface area contributed by atoms with Crippen molar-refractivity contribution in [1.29, 1.82) is 0 Å². The fourth-order valence-electron chi connectivity index (χ4n) is 3.26. The monoisotopic (exact) mass is 291 g/mol. The van der Waals surface area contributed by atoms with Gasteiger partial charge in [0.1, 0.15) is 11.9 Å². The average Bonchev–Trinajstić information content (AvgIpc) is 3.14. The molecule has 0 aromatic carbocycles. The van der Waals surface area contributed by atoms with E-state index in [0.29, 0.717) is 24.8 Å². The molecule has 3 aliphatic rings. The summed E-state index contributed by atoms with van der Waals surface area (Å²) >= 11 is 0. The normalized spacial score (nSPS) is 27.6. The molecule has 4 rings (SSSR count). The molecule has 1 atom stereocenters. The van der Waals surface area contributed by atoms with Gasteiger partial charge in [-0.15, -0.1) is 0 Å². The van der Waals surface area contributed by atoms with Gasteiger partial charge in [0.05, 0.1) is 31.0 Å². The summed E-state index contributed by atoms with van der Waals surface area (Å²) in [6.45, 7) is 2.97. The van der Waals surface area contributed by atoms with Gasteiger partial charge >= 0.3 is 0 Å². The molecule has 3 fully saturated rings. The van der Waals surface area contributed by atoms with Crippen molar-refractivity contribution in [2.45, 2.75) is 37.4 Å². The minimum atomic E-state index is -0.175. The van der Waals surface area contributed by atoms with Crippen LogP contribution >= 0.6 is 0 Å². The van der Waals surface area contributed by atoms with E-state index in [-0.39, 0.29) is 11.5 Å². The van der Waals surface area contributed by atoms with Crippen molar-refractivity contribution >= 4 is 5.91 Å². The second-order valence-electron chi connectivity index (χ2n) is 6.60. The molecule has 0 radical (unpaired) electrons. The summed E-state index contributed by atoms with van der Waals surface area (Å²) in [6.07, 6.45) is 7.85. The van der Waals surface area contributed by atoms with Crippen molar-refractivity contribution in [2.24, 2.45) is 5.92 Å². The largest absolute Gasteiger partial charge is 0.472 e. The molecule has 0 N–H and O–H groups in total. The molecular formula is C16H21NO4. The maximum absolute atomic E-state index is 12.2. The Morgan fingerprint density at radius 2 is 2.24 bits per heavy atom. The van der Waals surface area contributed by atoms with Crippen LogP contribution in [-0.4, -0.2) is 48.8 Å². The predicted molar refractivity (Wildman–Crippen MR) is 75.0 cm³/mol. The number of likely N-dealkylation sites (tertiary alicyclic amines) is 1. The van der Waals surface area contributed by atoms with E-state index in [2.05, 4.69) is 0 Å². The molecule has 2 aliphatic heterocycles. The second kappa shape index (κ2) is 5.14. The van der Waals surface area contributed by atoms with Gasteiger partial charge in [0, 0.05) is 19.6 Å². The fraction of sp³-hybridized carbons (Fsp3) is 0.688. The molecule has 2 saturated heterocycles. The minimum Gasteiger partial charge on any atom is -0.472 e. The number of carbonyl (C=O) groups excluding carboxylic acids is 1. The first-order valence-electron chi connectivity index (χ1n) is 7.81. The lowest BCUT2D eigenvalue weighted by atomic mass is 9.84. The summed E-state index contributed by atoms with van der Waals surface area (Å²) in [5.41, 5.74) is 0.438. The Hall–Kier alpha value is -1.33. The molecule has 1 aliphatic carbocycles. The third-order valence-corrected chi connectivity index (χ3v) is 4.73. The fourth-order valence-corrected chi connectivity index (χ4v) is 3.26. The number of furan rings is 1. The first-order valence-corrected chi connectivity index (χ1v) is 7.81. The zero-order chi connectivity index (χ0) is 14.3. The van der Waals surface area contributed by atoms with Crippen molar-refractivity contribution in [3.63, 3.8) is 0 Å². The van der Waals surface area contributed by atoms with Crippen LogP contribution in [0.5, 0.6) is 0 Å². The number of hydrogen-bond acceptors (Lipinski definition) is 4. The van der Waals surface area contributed by atoms with E-state index in [0.717, 1.165) is 32.0 Å². The molecule has 1 unspecified atom stereocenters. The summed E-state index contributed by atoms with van der Waals surface area (Å²) in [4.78, 5) is 14.0. The van der Waals surface area contributed by atoms with Gasteiger partial charge < -0.3 is 18.8 Å². The van der Waals surface area contributed by atoms with Crippen molar-refractivity contribution in [1.82, 2.24) is 4.90 Å². The van der Waals surface area contributed by atoms with Gasteiger partial charge in [0.25, 0.3) is 5.91 Å². The summed E-state index contributed by atoms with van der Waals surface area (Å²) in [5.74, 6) is 0.823. The summed E-state index contributed by atoms with van der Waals surface area (Å²) in [6, 6.07) is 1.70. The number of nitrogens with zero attached hydrogens (tertiary/aromatic N) is 1. The SMILES string of the molecule is O=C(c1ccoc1)N1CC2(CC(OCC3CC3)CCO2)C1. The molecule has 1 saturated carbocycles. The third-order valence-electron chi connectivity index (χ3n) is 4.73. The molecule has 1 spiro atoms. The van der Waals surface area contributed by atoms with E-state index < -0.39 is 0 Å². The van der Waals surface area contributed by atoms with Crippen LogP contribution in [0.15, 0.2) is 23.0 Å². The number of carbonyl (C=O) groups is 1. The quantitative estimate of drug-likeness (QED) is 0.852. The van der Waals surface area contributed by atoms with E-state index >= 15 is 0 Å². The van der Waals surface area contributed by atoms with Gasteiger partial charge in [-0.3, -0.25) is 4.79 Å². The van der Waals surface area contributed by atoms with Gasteiger partial charge in [-0.05, 0) is 31.2 Å². The molecule has 5 nitrogen and oxygen atoms in total. The van der Waals surface area contributed by atoms with Crippen LogP contribution in [0, 0.1) is 5.92 Å². The Labute approximate surface area is 124 Å². The summed E-state index contributed by atoms with van der Waals surface area (Å²) in [5, 5.41) is 0. The number of hydrogen-bond donors (Lipinski definition) is 0. The van der Waals surface area contributed by atoms with Gasteiger partial charge in [-0.2, -0.15) is 0 Å². The Morgan fingerprint density at radius 3 is 2.95 bits per heavy atom. The molecule has 1 amide bonds. The van der Waals surface area contributed by atoms with Crippen molar-refractivity contribution in [3.8, 4) is 0 Å². The van der Waals surface area contributed by atoms with Crippen LogP contribution < -0.4 is 0 Å². The average molecular weight is 291 g/mol. The van der Waals surface area contributed by atoms with Crippen molar-refractivity contribution in [2.75, 3.05) is 26.3 Å². The van der Waals surface area contributed by atoms with Crippen LogP contribution in [0.3, 0.4) is 0 Å². The highest BCUT2D eigenvalue weighted by atomic mass is 16.5. The van der Waals surface area contributed by atoms with E-state index in [1.54, 1.807) is 6.07 Å². The lowest BCUT2D eigenvalue weighted by molar-refractivity contribution is -0.186. The summed E-state index contributed by atoms with van der Waals surface area (Å²) < 4.78 is 16.9. The Morgan fingerprint density at radius 1 is 1.38 bits per heavy atom. The standard InChI is InChI=1S/C16H21NO4/c18-15(13-3-5-19-9-13)17-10-16(11-17)7-14(4-6-21-16)20-8-12-1-2-12/h3,5,9,12,14H,1-2,4,6-8,10-11H2. The Kier molecular flexibility index (Phi) is 3.27. The molecule has 5 heteroatoms. The lowest BCUT2D eigenvalue weighted by Crippen LogP contribution is -2.67. The van der Waals surface area contributed by atoms with Crippen LogP contribution in [-0.2, 0) is 9.47 Å². The van der Waals surface area contributed by atoms with Crippen LogP contribution in [0.2, 0.25) is 0 Å². The third kappa shape index (κ3) is 2.72. The van der Waals surface area contributed by atoms with E-state index in [1.807, 2.05) is 4.90 Å². The molecule has 114 valence electrons. The number of rotatable bonds is 4. The van der Waals surface area contributed by atoms with Gasteiger partial charge in [0.15, 0.2) is 0 Å². The van der Waals surface area contributed by atoms with Gasteiger partial charge in [0.2, 0.25) is 0 Å². The smallest absolute Gasteiger partial charge is 0.257 e. The zero-order valence-corrected chi connectivity index (χ0v) is 12.1. The molecule has 0 bridgehead atoms. The molecule has 1 aromatic rings. The highest BCUT2D eigenvalue weighted by Crippen LogP contribution is 2.37. The van der Waals surface area contributed by atoms with Crippen LogP contribution in [0.4, 0.5) is 0 Å². The van der Waals surface area contributed by atoms with Crippen LogP contribution in [0.25, 0.3) is 0 Å². The van der Waals surface area contributed by atoms with Crippen LogP contribution in [0.1, 0.15) is 36.0 Å². The molecule has 21 heavy (non-hydrogen) atoms. The first-order chi connectivity index (χ1) is 10.2. The predicted octanol–water partition coefficient (Wildman–Crippen LogP) is 2.08. The lowest BCUT2D eigenvalue weighted by Gasteiger charge is -2.52. The van der Waals surface area contributed by atoms with Gasteiger partial charge in [-0.25, -0.2) is 0 Å². The Bertz CT molecular complexity index is 502. The van der Waals surface area contributed by atoms with E-state index in [9.17, 15) is 4.79 Å². The zero-order valence-electron chi connectivity index (χ0n) is 12.1. The molecule has 1 aromatic heterocycles. The van der Waals surface area contributed by atoms with Gasteiger partial charge in [-0.1, -0.05) is 0 Å². The van der Waals surface area contributed by atoms with E-state index in [4.69, 9.17) is 13.9 Å². The topological polar surface area (TPSA) is 51.9 Å². The minimum absolute atomic E-state index is 0.0268.